The minimum atomic E-state index is 0.0773. The summed E-state index contributed by atoms with van der Waals surface area (Å²) in [4.78, 5) is 14.6. The topological polar surface area (TPSA) is 67.3 Å². The zero-order valence-electron chi connectivity index (χ0n) is 14.0. The maximum Gasteiger partial charge on any atom is 0.223 e. The second-order valence-electron chi connectivity index (χ2n) is 5.93. The van der Waals surface area contributed by atoms with Crippen LogP contribution in [0.4, 0.5) is 5.13 Å². The van der Waals surface area contributed by atoms with E-state index in [0.29, 0.717) is 6.54 Å². The van der Waals surface area contributed by atoms with Crippen LogP contribution in [-0.2, 0) is 11.3 Å². The number of nitrogens with zero attached hydrogens (tertiary/aromatic N) is 3. The molecule has 128 valence electrons. The van der Waals surface area contributed by atoms with Crippen molar-refractivity contribution in [2.24, 2.45) is 5.92 Å². The first kappa shape index (κ1) is 16.7. The van der Waals surface area contributed by atoms with Crippen molar-refractivity contribution in [1.82, 2.24) is 15.5 Å². The lowest BCUT2D eigenvalue weighted by atomic mass is 9.96. The number of methoxy groups -OCH3 is 1. The van der Waals surface area contributed by atoms with Gasteiger partial charge in [-0.3, -0.25) is 4.79 Å². The molecule has 0 aliphatic carbocycles. The molecule has 0 spiro atoms. The highest BCUT2D eigenvalue weighted by Crippen LogP contribution is 2.25. The third-order valence-electron chi connectivity index (χ3n) is 4.28. The number of aryl methyl sites for hydroxylation is 1. The van der Waals surface area contributed by atoms with Gasteiger partial charge >= 0.3 is 0 Å². The first-order valence-electron chi connectivity index (χ1n) is 8.11. The van der Waals surface area contributed by atoms with Gasteiger partial charge in [-0.15, -0.1) is 10.2 Å². The molecule has 0 atom stereocenters. The van der Waals surface area contributed by atoms with Gasteiger partial charge in [0.2, 0.25) is 11.0 Å². The second kappa shape index (κ2) is 7.61. The van der Waals surface area contributed by atoms with Gasteiger partial charge in [0.25, 0.3) is 0 Å². The van der Waals surface area contributed by atoms with E-state index in [1.54, 1.807) is 18.4 Å². The van der Waals surface area contributed by atoms with Gasteiger partial charge in [-0.1, -0.05) is 23.5 Å². The molecule has 0 radical (unpaired) electrons. The van der Waals surface area contributed by atoms with Crippen LogP contribution in [0.5, 0.6) is 5.75 Å². The average molecular weight is 346 g/mol. The molecule has 7 heteroatoms. The molecule has 1 aromatic heterocycles. The van der Waals surface area contributed by atoms with E-state index < -0.39 is 0 Å². The fraction of sp³-hybridized carbons (Fsp3) is 0.471. The Balaban J connectivity index is 1.46. The molecule has 1 N–H and O–H groups in total. The fourth-order valence-electron chi connectivity index (χ4n) is 2.82. The summed E-state index contributed by atoms with van der Waals surface area (Å²) in [6.07, 6.45) is 1.71. The first-order valence-corrected chi connectivity index (χ1v) is 8.93. The van der Waals surface area contributed by atoms with Crippen LogP contribution in [0.25, 0.3) is 0 Å². The highest BCUT2D eigenvalue weighted by molar-refractivity contribution is 7.15. The van der Waals surface area contributed by atoms with Crippen LogP contribution < -0.4 is 15.0 Å². The molecular weight excluding hydrogens is 324 g/mol. The average Bonchev–Trinajstić information content (AvgIpc) is 3.06. The number of carbonyl (C=O) groups excluding carboxylic acids is 1. The molecule has 6 nitrogen and oxygen atoms in total. The Labute approximate surface area is 145 Å². The molecule has 1 aliphatic heterocycles. The van der Waals surface area contributed by atoms with Crippen molar-refractivity contribution in [1.29, 1.82) is 0 Å². The molecule has 0 saturated carbocycles. The van der Waals surface area contributed by atoms with Gasteiger partial charge in [0.15, 0.2) is 0 Å². The maximum absolute atomic E-state index is 12.4. The molecule has 1 aromatic carbocycles. The quantitative estimate of drug-likeness (QED) is 0.900. The highest BCUT2D eigenvalue weighted by Gasteiger charge is 2.26. The number of ether oxygens (including phenoxy) is 1. The van der Waals surface area contributed by atoms with Crippen molar-refractivity contribution >= 4 is 22.4 Å². The van der Waals surface area contributed by atoms with Crippen molar-refractivity contribution in [3.63, 3.8) is 0 Å². The molecule has 24 heavy (non-hydrogen) atoms. The van der Waals surface area contributed by atoms with E-state index in [2.05, 4.69) is 20.4 Å². The Bertz CT molecular complexity index is 678. The third-order valence-corrected chi connectivity index (χ3v) is 5.18. The van der Waals surface area contributed by atoms with Gasteiger partial charge in [-0.25, -0.2) is 0 Å². The van der Waals surface area contributed by atoms with Crippen LogP contribution in [0.15, 0.2) is 24.3 Å². The lowest BCUT2D eigenvalue weighted by molar-refractivity contribution is -0.125. The second-order valence-corrected chi connectivity index (χ2v) is 7.09. The fourth-order valence-corrected chi connectivity index (χ4v) is 3.56. The summed E-state index contributed by atoms with van der Waals surface area (Å²) in [6.45, 7) is 4.23. The molecule has 1 amide bonds. The van der Waals surface area contributed by atoms with Gasteiger partial charge in [-0.05, 0) is 37.5 Å². The zero-order valence-corrected chi connectivity index (χ0v) is 14.8. The monoisotopic (exact) mass is 346 g/mol. The highest BCUT2D eigenvalue weighted by atomic mass is 32.1. The Morgan fingerprint density at radius 2 is 2.00 bits per heavy atom. The van der Waals surface area contributed by atoms with E-state index in [0.717, 1.165) is 47.4 Å². The minimum absolute atomic E-state index is 0.0773. The molecule has 1 saturated heterocycles. The summed E-state index contributed by atoms with van der Waals surface area (Å²) < 4.78 is 5.14. The Hall–Kier alpha value is -2.15. The van der Waals surface area contributed by atoms with Crippen LogP contribution in [-0.4, -0.2) is 36.3 Å². The Morgan fingerprint density at radius 1 is 1.29 bits per heavy atom. The molecular formula is C17H22N4O2S. The summed E-state index contributed by atoms with van der Waals surface area (Å²) in [6, 6.07) is 7.76. The van der Waals surface area contributed by atoms with Gasteiger partial charge in [-0.2, -0.15) is 0 Å². The number of hydrogen-bond acceptors (Lipinski definition) is 6. The molecule has 0 bridgehead atoms. The van der Waals surface area contributed by atoms with E-state index in [9.17, 15) is 4.79 Å². The molecule has 1 aliphatic rings. The predicted molar refractivity (Wildman–Crippen MR) is 94.4 cm³/mol. The van der Waals surface area contributed by atoms with Crippen LogP contribution in [0, 0.1) is 12.8 Å². The molecule has 2 heterocycles. The number of piperidine rings is 1. The van der Waals surface area contributed by atoms with Gasteiger partial charge in [0.1, 0.15) is 10.8 Å². The molecule has 3 rings (SSSR count). The third kappa shape index (κ3) is 4.03. The summed E-state index contributed by atoms with van der Waals surface area (Å²) >= 11 is 1.61. The number of benzene rings is 1. The Kier molecular flexibility index (Phi) is 5.30. The lowest BCUT2D eigenvalue weighted by Gasteiger charge is -2.30. The van der Waals surface area contributed by atoms with Crippen LogP contribution in [0.2, 0.25) is 0 Å². The van der Waals surface area contributed by atoms with Crippen LogP contribution in [0.3, 0.4) is 0 Å². The van der Waals surface area contributed by atoms with E-state index >= 15 is 0 Å². The standard InChI is InChI=1S/C17H22N4O2S/c1-12-19-20-17(24-12)21-9-7-14(8-10-21)16(22)18-11-13-3-5-15(23-2)6-4-13/h3-6,14H,7-11H2,1-2H3,(H,18,22). The Morgan fingerprint density at radius 3 is 2.58 bits per heavy atom. The van der Waals surface area contributed by atoms with Crippen molar-refractivity contribution in [3.05, 3.63) is 34.8 Å². The van der Waals surface area contributed by atoms with E-state index in [1.807, 2.05) is 31.2 Å². The first-order chi connectivity index (χ1) is 11.7. The van der Waals surface area contributed by atoms with Crippen molar-refractivity contribution in [3.8, 4) is 5.75 Å². The predicted octanol–water partition coefficient (Wildman–Crippen LogP) is 2.39. The number of aromatic nitrogens is 2. The lowest BCUT2D eigenvalue weighted by Crippen LogP contribution is -2.40. The molecule has 2 aromatic rings. The van der Waals surface area contributed by atoms with E-state index in [4.69, 9.17) is 4.74 Å². The number of nitrogens with one attached hydrogen (secondary N) is 1. The number of anilines is 1. The number of carbonyl (C=O) groups is 1. The maximum atomic E-state index is 12.4. The SMILES string of the molecule is COc1ccc(CNC(=O)C2CCN(c3nnc(C)s3)CC2)cc1. The smallest absolute Gasteiger partial charge is 0.223 e. The van der Waals surface area contributed by atoms with Crippen LogP contribution >= 0.6 is 11.3 Å². The molecule has 0 unspecified atom stereocenters. The van der Waals surface area contributed by atoms with Crippen molar-refractivity contribution in [2.75, 3.05) is 25.1 Å². The van der Waals surface area contributed by atoms with Gasteiger partial charge in [0.05, 0.1) is 7.11 Å². The van der Waals surface area contributed by atoms with Crippen molar-refractivity contribution in [2.45, 2.75) is 26.3 Å². The van der Waals surface area contributed by atoms with Crippen molar-refractivity contribution < 1.29 is 9.53 Å². The van der Waals surface area contributed by atoms with E-state index in [-0.39, 0.29) is 11.8 Å². The van der Waals surface area contributed by atoms with Gasteiger partial charge in [0, 0.05) is 25.6 Å². The minimum Gasteiger partial charge on any atom is -0.497 e. The largest absolute Gasteiger partial charge is 0.497 e. The summed E-state index contributed by atoms with van der Waals surface area (Å²) in [5, 5.41) is 13.2. The number of hydrogen-bond donors (Lipinski definition) is 1. The summed E-state index contributed by atoms with van der Waals surface area (Å²) in [7, 11) is 1.65. The van der Waals surface area contributed by atoms with Crippen LogP contribution in [0.1, 0.15) is 23.4 Å². The number of rotatable bonds is 5. The molecule has 1 fully saturated rings. The normalized spacial score (nSPS) is 15.3. The van der Waals surface area contributed by atoms with Gasteiger partial charge < -0.3 is 15.0 Å². The number of amides is 1. The summed E-state index contributed by atoms with van der Waals surface area (Å²) in [5.74, 6) is 1.04. The zero-order chi connectivity index (χ0) is 16.9. The van der Waals surface area contributed by atoms with E-state index in [1.165, 1.54) is 0 Å². The summed E-state index contributed by atoms with van der Waals surface area (Å²) in [5.41, 5.74) is 1.07.